The fourth-order valence-electron chi connectivity index (χ4n) is 3.45. The van der Waals surface area contributed by atoms with Crippen molar-refractivity contribution in [3.63, 3.8) is 0 Å². The summed E-state index contributed by atoms with van der Waals surface area (Å²) in [6.45, 7) is 3.94. The average molecular weight is 367 g/mol. The van der Waals surface area contributed by atoms with E-state index < -0.39 is 6.09 Å². The number of nitrogens with one attached hydrogen (secondary N) is 1. The molecule has 0 fully saturated rings. The molecule has 6 nitrogen and oxygen atoms in total. The third kappa shape index (κ3) is 3.74. The number of carbonyl (C=O) groups excluding carboxylic acids is 2. The second kappa shape index (κ2) is 7.70. The van der Waals surface area contributed by atoms with Crippen LogP contribution in [-0.4, -0.2) is 38.2 Å². The van der Waals surface area contributed by atoms with Crippen LogP contribution in [0.1, 0.15) is 19.4 Å². The third-order valence-corrected chi connectivity index (χ3v) is 4.90. The maximum atomic E-state index is 13.0. The lowest BCUT2D eigenvalue weighted by molar-refractivity contribution is -0.119. The number of rotatable bonds is 4. The zero-order valence-electron chi connectivity index (χ0n) is 16.1. The van der Waals surface area contributed by atoms with Crippen LogP contribution >= 0.6 is 0 Å². The molecular formula is C21H25N3O3. The van der Waals surface area contributed by atoms with Gasteiger partial charge in [0.1, 0.15) is 6.04 Å². The van der Waals surface area contributed by atoms with Gasteiger partial charge in [0.2, 0.25) is 5.91 Å². The van der Waals surface area contributed by atoms with E-state index in [1.807, 2.05) is 54.3 Å². The van der Waals surface area contributed by atoms with Crippen molar-refractivity contribution >= 4 is 29.1 Å². The smallest absolute Gasteiger partial charge is 0.413 e. The van der Waals surface area contributed by atoms with E-state index in [2.05, 4.69) is 18.3 Å². The van der Waals surface area contributed by atoms with E-state index in [0.717, 1.165) is 17.8 Å². The molecule has 27 heavy (non-hydrogen) atoms. The van der Waals surface area contributed by atoms with Crippen LogP contribution in [0.15, 0.2) is 48.5 Å². The summed E-state index contributed by atoms with van der Waals surface area (Å²) in [5.74, 6) is 0.0446. The molecule has 142 valence electrons. The summed E-state index contributed by atoms with van der Waals surface area (Å²) in [6.07, 6.45) is 0.448. The number of methoxy groups -OCH3 is 1. The molecule has 0 spiro atoms. The van der Waals surface area contributed by atoms with E-state index >= 15 is 0 Å². The van der Waals surface area contributed by atoms with Gasteiger partial charge in [-0.25, -0.2) is 4.79 Å². The highest BCUT2D eigenvalue weighted by Crippen LogP contribution is 2.32. The number of amides is 2. The van der Waals surface area contributed by atoms with Crippen molar-refractivity contribution in [1.29, 1.82) is 0 Å². The second-order valence-corrected chi connectivity index (χ2v) is 6.83. The van der Waals surface area contributed by atoms with Crippen LogP contribution in [0, 0.1) is 0 Å². The van der Waals surface area contributed by atoms with E-state index in [0.29, 0.717) is 5.69 Å². The summed E-state index contributed by atoms with van der Waals surface area (Å²) < 4.78 is 4.71. The molecule has 2 aromatic carbocycles. The van der Waals surface area contributed by atoms with Crippen LogP contribution < -0.4 is 15.1 Å². The highest BCUT2D eigenvalue weighted by Gasteiger charge is 2.32. The molecule has 2 atom stereocenters. The molecule has 1 aliphatic rings. The summed E-state index contributed by atoms with van der Waals surface area (Å²) in [4.78, 5) is 27.9. The molecule has 0 saturated carbocycles. The zero-order chi connectivity index (χ0) is 19.6. The van der Waals surface area contributed by atoms with Crippen LogP contribution in [0.2, 0.25) is 0 Å². The predicted molar refractivity (Wildman–Crippen MR) is 107 cm³/mol. The Balaban J connectivity index is 1.69. The van der Waals surface area contributed by atoms with Crippen molar-refractivity contribution in [3.05, 3.63) is 54.1 Å². The minimum Gasteiger partial charge on any atom is -0.452 e. The lowest BCUT2D eigenvalue weighted by atomic mass is 10.1. The molecule has 0 bridgehead atoms. The minimum atomic E-state index is -0.430. The lowest BCUT2D eigenvalue weighted by Gasteiger charge is -2.27. The summed E-state index contributed by atoms with van der Waals surface area (Å²) >= 11 is 0. The largest absolute Gasteiger partial charge is 0.452 e. The average Bonchev–Trinajstić information content (AvgIpc) is 3.02. The van der Waals surface area contributed by atoms with E-state index in [1.54, 1.807) is 7.05 Å². The van der Waals surface area contributed by atoms with Gasteiger partial charge in [0, 0.05) is 30.2 Å². The SMILES string of the molecule is COC(=O)N(C)c1ccc(N[C@@H](C)C(=O)N2c3ccccc3C[C@@H]2C)cc1. The van der Waals surface area contributed by atoms with Gasteiger partial charge in [0.05, 0.1) is 7.11 Å². The maximum Gasteiger partial charge on any atom is 0.413 e. The van der Waals surface area contributed by atoms with Crippen LogP contribution in [0.25, 0.3) is 0 Å². The number of hydrogen-bond acceptors (Lipinski definition) is 4. The summed E-state index contributed by atoms with van der Waals surface area (Å²) in [5.41, 5.74) is 3.74. The van der Waals surface area contributed by atoms with Gasteiger partial charge in [-0.2, -0.15) is 0 Å². The molecule has 6 heteroatoms. The monoisotopic (exact) mass is 367 g/mol. The van der Waals surface area contributed by atoms with Crippen molar-refractivity contribution < 1.29 is 14.3 Å². The molecule has 2 aromatic rings. The summed E-state index contributed by atoms with van der Waals surface area (Å²) in [5, 5.41) is 3.25. The first-order chi connectivity index (χ1) is 12.9. The van der Waals surface area contributed by atoms with Crippen molar-refractivity contribution in [2.24, 2.45) is 0 Å². The molecule has 0 aliphatic carbocycles. The first kappa shape index (κ1) is 18.8. The Labute approximate surface area is 159 Å². The first-order valence-corrected chi connectivity index (χ1v) is 9.01. The van der Waals surface area contributed by atoms with Gasteiger partial charge in [0.15, 0.2) is 0 Å². The second-order valence-electron chi connectivity index (χ2n) is 6.83. The molecule has 0 saturated heterocycles. The zero-order valence-corrected chi connectivity index (χ0v) is 16.1. The molecule has 2 amide bonds. The molecular weight excluding hydrogens is 342 g/mol. The Morgan fingerprint density at radius 2 is 1.85 bits per heavy atom. The maximum absolute atomic E-state index is 13.0. The lowest BCUT2D eigenvalue weighted by Crippen LogP contribution is -2.44. The number of ether oxygens (including phenoxy) is 1. The van der Waals surface area contributed by atoms with Crippen molar-refractivity contribution in [3.8, 4) is 0 Å². The Morgan fingerprint density at radius 1 is 1.19 bits per heavy atom. The van der Waals surface area contributed by atoms with Gasteiger partial charge in [-0.1, -0.05) is 18.2 Å². The van der Waals surface area contributed by atoms with E-state index in [4.69, 9.17) is 4.74 Å². The standard InChI is InChI=1S/C21H25N3O3/c1-14-13-16-7-5-6-8-19(16)24(14)20(25)15(2)22-17-9-11-18(12-10-17)23(3)21(26)27-4/h5-12,14-15,22H,13H2,1-4H3/t14-,15-/m0/s1. The highest BCUT2D eigenvalue weighted by atomic mass is 16.5. The third-order valence-electron chi connectivity index (χ3n) is 4.90. The topological polar surface area (TPSA) is 61.9 Å². The number of anilines is 3. The normalized spacial score (nSPS) is 16.4. The number of hydrogen-bond donors (Lipinski definition) is 1. The first-order valence-electron chi connectivity index (χ1n) is 9.01. The quantitative estimate of drug-likeness (QED) is 0.896. The number of fused-ring (bicyclic) bond motifs is 1. The molecule has 0 unspecified atom stereocenters. The van der Waals surface area contributed by atoms with E-state index in [9.17, 15) is 9.59 Å². The molecule has 1 aliphatic heterocycles. The number of carbonyl (C=O) groups is 2. The van der Waals surface area contributed by atoms with E-state index in [1.165, 1.54) is 17.6 Å². The van der Waals surface area contributed by atoms with Crippen molar-refractivity contribution in [1.82, 2.24) is 0 Å². The Bertz CT molecular complexity index is 835. The van der Waals surface area contributed by atoms with Crippen LogP contribution in [-0.2, 0) is 16.0 Å². The molecule has 0 aromatic heterocycles. The molecule has 1 heterocycles. The Morgan fingerprint density at radius 3 is 2.52 bits per heavy atom. The van der Waals surface area contributed by atoms with Gasteiger partial charge in [-0.3, -0.25) is 9.69 Å². The summed E-state index contributed by atoms with van der Waals surface area (Å²) in [7, 11) is 2.99. The van der Waals surface area contributed by atoms with Gasteiger partial charge >= 0.3 is 6.09 Å². The fraction of sp³-hybridized carbons (Fsp3) is 0.333. The van der Waals surface area contributed by atoms with Crippen LogP contribution in [0.4, 0.5) is 21.9 Å². The van der Waals surface area contributed by atoms with Crippen LogP contribution in [0.3, 0.4) is 0 Å². The molecule has 3 rings (SSSR count). The number of nitrogens with zero attached hydrogens (tertiary/aromatic N) is 2. The number of para-hydroxylation sites is 1. The fourth-order valence-corrected chi connectivity index (χ4v) is 3.45. The predicted octanol–water partition coefficient (Wildman–Crippen LogP) is 3.67. The summed E-state index contributed by atoms with van der Waals surface area (Å²) in [6, 6.07) is 15.1. The number of benzene rings is 2. The van der Waals surface area contributed by atoms with Crippen molar-refractivity contribution in [2.75, 3.05) is 29.3 Å². The Kier molecular flexibility index (Phi) is 5.35. The van der Waals surface area contributed by atoms with Crippen molar-refractivity contribution in [2.45, 2.75) is 32.4 Å². The highest BCUT2D eigenvalue weighted by molar-refractivity contribution is 6.00. The molecule has 0 radical (unpaired) electrons. The Hall–Kier alpha value is -3.02. The van der Waals surface area contributed by atoms with Crippen LogP contribution in [0.5, 0.6) is 0 Å². The van der Waals surface area contributed by atoms with Gasteiger partial charge in [-0.15, -0.1) is 0 Å². The van der Waals surface area contributed by atoms with Gasteiger partial charge in [-0.05, 0) is 56.2 Å². The van der Waals surface area contributed by atoms with Gasteiger partial charge in [0.25, 0.3) is 0 Å². The minimum absolute atomic E-state index is 0.0446. The van der Waals surface area contributed by atoms with E-state index in [-0.39, 0.29) is 18.0 Å². The molecule has 1 N–H and O–H groups in total. The van der Waals surface area contributed by atoms with Gasteiger partial charge < -0.3 is 15.0 Å².